The fourth-order valence-electron chi connectivity index (χ4n) is 8.30. The van der Waals surface area contributed by atoms with Crippen molar-refractivity contribution in [3.8, 4) is 11.1 Å². The van der Waals surface area contributed by atoms with Gasteiger partial charge < -0.3 is 4.90 Å². The Bertz CT molecular complexity index is 2290. The van der Waals surface area contributed by atoms with E-state index in [0.29, 0.717) is 0 Å². The number of benzene rings is 6. The second-order valence-corrected chi connectivity index (χ2v) is 13.3. The standard InChI is InChI=1S/C47H37N/c1-33-20-24-38(25-21-33)47(45-19-11-10-18-43(45)44-30-36-14-8-9-15-37(36)31-46(44)47)39-26-29-42(32-39)48(40-16-6-3-7-17-40)41-27-22-35(23-28-41)34-12-4-2-5-13-34/h2-22,24-27,29-32,42H,23,28H2,1H3. The minimum atomic E-state index is -0.432. The van der Waals surface area contributed by atoms with Gasteiger partial charge in [-0.05, 0) is 105 Å². The topological polar surface area (TPSA) is 3.24 Å². The lowest BCUT2D eigenvalue weighted by molar-refractivity contribution is 0.761. The molecular weight excluding hydrogens is 579 g/mol. The van der Waals surface area contributed by atoms with Crippen molar-refractivity contribution in [2.75, 3.05) is 4.90 Å². The van der Waals surface area contributed by atoms with Crippen LogP contribution >= 0.6 is 0 Å². The van der Waals surface area contributed by atoms with Gasteiger partial charge in [-0.25, -0.2) is 0 Å². The Balaban J connectivity index is 1.23. The van der Waals surface area contributed by atoms with Gasteiger partial charge in [-0.3, -0.25) is 0 Å². The molecule has 0 N–H and O–H groups in total. The van der Waals surface area contributed by atoms with Crippen LogP contribution in [0.3, 0.4) is 0 Å². The molecule has 2 atom stereocenters. The fraction of sp³-hybridized carbons (Fsp3) is 0.106. The molecule has 0 bridgehead atoms. The number of hydrogen-bond acceptors (Lipinski definition) is 1. The first-order valence-electron chi connectivity index (χ1n) is 17.1. The Hall–Kier alpha value is -5.66. The highest BCUT2D eigenvalue weighted by atomic mass is 15.2. The molecule has 3 aliphatic rings. The summed E-state index contributed by atoms with van der Waals surface area (Å²) in [6.45, 7) is 2.18. The van der Waals surface area contributed by atoms with Gasteiger partial charge in [0.25, 0.3) is 0 Å². The van der Waals surface area contributed by atoms with E-state index in [9.17, 15) is 0 Å². The Morgan fingerprint density at radius 3 is 2.04 bits per heavy atom. The van der Waals surface area contributed by atoms with Gasteiger partial charge in [0.05, 0.1) is 11.5 Å². The van der Waals surface area contributed by atoms with Crippen molar-refractivity contribution < 1.29 is 0 Å². The second kappa shape index (κ2) is 11.5. The molecule has 0 aromatic heterocycles. The average Bonchev–Trinajstić information content (AvgIpc) is 3.74. The van der Waals surface area contributed by atoms with E-state index in [4.69, 9.17) is 0 Å². The van der Waals surface area contributed by atoms with Gasteiger partial charge in [0, 0.05) is 11.4 Å². The van der Waals surface area contributed by atoms with E-state index in [0.717, 1.165) is 12.8 Å². The largest absolute Gasteiger partial charge is 0.335 e. The summed E-state index contributed by atoms with van der Waals surface area (Å²) in [6.07, 6.45) is 14.0. The Kier molecular flexibility index (Phi) is 6.87. The van der Waals surface area contributed by atoms with E-state index in [2.05, 4.69) is 188 Å². The maximum atomic E-state index is 2.55. The summed E-state index contributed by atoms with van der Waals surface area (Å²) in [4.78, 5) is 2.55. The van der Waals surface area contributed by atoms with Gasteiger partial charge in [-0.1, -0.05) is 151 Å². The van der Waals surface area contributed by atoms with E-state index in [1.165, 1.54) is 72.2 Å². The summed E-state index contributed by atoms with van der Waals surface area (Å²) in [7, 11) is 0. The van der Waals surface area contributed by atoms with E-state index in [1.54, 1.807) is 0 Å². The van der Waals surface area contributed by atoms with Gasteiger partial charge >= 0.3 is 0 Å². The number of nitrogens with zero attached hydrogens (tertiary/aromatic N) is 1. The molecule has 230 valence electrons. The maximum absolute atomic E-state index is 2.55. The summed E-state index contributed by atoms with van der Waals surface area (Å²) < 4.78 is 0. The summed E-state index contributed by atoms with van der Waals surface area (Å²) in [6, 6.07) is 53.8. The Morgan fingerprint density at radius 1 is 0.604 bits per heavy atom. The average molecular weight is 616 g/mol. The van der Waals surface area contributed by atoms with Crippen LogP contribution in [0.4, 0.5) is 5.69 Å². The lowest BCUT2D eigenvalue weighted by atomic mass is 9.67. The molecule has 48 heavy (non-hydrogen) atoms. The van der Waals surface area contributed by atoms with E-state index < -0.39 is 5.41 Å². The number of anilines is 1. The molecule has 0 heterocycles. The normalized spacial score (nSPS) is 19.4. The summed E-state index contributed by atoms with van der Waals surface area (Å²) in [5.74, 6) is 0. The highest BCUT2D eigenvalue weighted by molar-refractivity contribution is 5.96. The van der Waals surface area contributed by atoms with Crippen molar-refractivity contribution in [1.29, 1.82) is 0 Å². The summed E-state index contributed by atoms with van der Waals surface area (Å²) in [5, 5.41) is 2.56. The van der Waals surface area contributed by atoms with Crippen molar-refractivity contribution in [3.63, 3.8) is 0 Å². The molecule has 0 fully saturated rings. The van der Waals surface area contributed by atoms with Crippen LogP contribution in [0.25, 0.3) is 27.5 Å². The van der Waals surface area contributed by atoms with Gasteiger partial charge in [-0.15, -0.1) is 0 Å². The highest BCUT2D eigenvalue weighted by Crippen LogP contribution is 2.58. The molecule has 0 radical (unpaired) electrons. The van der Waals surface area contributed by atoms with Gasteiger partial charge in [0.2, 0.25) is 0 Å². The monoisotopic (exact) mass is 615 g/mol. The lowest BCUT2D eigenvalue weighted by Gasteiger charge is -2.36. The molecule has 0 spiro atoms. The highest BCUT2D eigenvalue weighted by Gasteiger charge is 2.48. The molecule has 6 aromatic rings. The zero-order valence-electron chi connectivity index (χ0n) is 27.2. The summed E-state index contributed by atoms with van der Waals surface area (Å²) in [5.41, 5.74) is 14.1. The van der Waals surface area contributed by atoms with Crippen LogP contribution in [0.2, 0.25) is 0 Å². The molecule has 1 heteroatoms. The molecule has 9 rings (SSSR count). The lowest BCUT2D eigenvalue weighted by Crippen LogP contribution is -2.33. The molecule has 0 amide bonds. The van der Waals surface area contributed by atoms with Crippen LogP contribution in [0.1, 0.15) is 40.7 Å². The van der Waals surface area contributed by atoms with Crippen molar-refractivity contribution in [2.24, 2.45) is 0 Å². The smallest absolute Gasteiger partial charge is 0.0712 e. The number of rotatable bonds is 6. The molecule has 2 unspecified atom stereocenters. The Morgan fingerprint density at radius 2 is 1.29 bits per heavy atom. The molecule has 0 saturated heterocycles. The van der Waals surface area contributed by atoms with Crippen LogP contribution in [0, 0.1) is 6.92 Å². The van der Waals surface area contributed by atoms with E-state index >= 15 is 0 Å². The minimum absolute atomic E-state index is 0.0827. The predicted octanol–water partition coefficient (Wildman–Crippen LogP) is 11.6. The van der Waals surface area contributed by atoms with Crippen LogP contribution in [-0.4, -0.2) is 6.04 Å². The zero-order chi connectivity index (χ0) is 32.1. The van der Waals surface area contributed by atoms with Crippen LogP contribution in [0.5, 0.6) is 0 Å². The predicted molar refractivity (Wildman–Crippen MR) is 202 cm³/mol. The van der Waals surface area contributed by atoms with Crippen molar-refractivity contribution >= 4 is 22.0 Å². The third kappa shape index (κ3) is 4.53. The zero-order valence-corrected chi connectivity index (χ0v) is 27.2. The van der Waals surface area contributed by atoms with Gasteiger partial charge in [-0.2, -0.15) is 0 Å². The first-order valence-corrected chi connectivity index (χ1v) is 17.1. The maximum Gasteiger partial charge on any atom is 0.0712 e. The minimum Gasteiger partial charge on any atom is -0.335 e. The van der Waals surface area contributed by atoms with E-state index in [-0.39, 0.29) is 6.04 Å². The number of allylic oxidation sites excluding steroid dienone is 6. The quantitative estimate of drug-likeness (QED) is 0.180. The number of hydrogen-bond donors (Lipinski definition) is 0. The Labute approximate surface area is 283 Å². The van der Waals surface area contributed by atoms with Crippen molar-refractivity contribution in [3.05, 3.63) is 215 Å². The van der Waals surface area contributed by atoms with Crippen molar-refractivity contribution in [1.82, 2.24) is 0 Å². The molecule has 0 saturated carbocycles. The van der Waals surface area contributed by atoms with Gasteiger partial charge in [0.1, 0.15) is 0 Å². The van der Waals surface area contributed by atoms with Crippen LogP contribution < -0.4 is 4.90 Å². The molecule has 1 nitrogen and oxygen atoms in total. The van der Waals surface area contributed by atoms with Gasteiger partial charge in [0.15, 0.2) is 0 Å². The van der Waals surface area contributed by atoms with Crippen LogP contribution in [-0.2, 0) is 5.41 Å². The first kappa shape index (κ1) is 28.6. The third-order valence-corrected chi connectivity index (χ3v) is 10.6. The number of aryl methyl sites for hydroxylation is 1. The van der Waals surface area contributed by atoms with Crippen LogP contribution in [0.15, 0.2) is 187 Å². The van der Waals surface area contributed by atoms with E-state index in [1.807, 2.05) is 0 Å². The van der Waals surface area contributed by atoms with Crippen molar-refractivity contribution in [2.45, 2.75) is 31.2 Å². The fourth-order valence-corrected chi connectivity index (χ4v) is 8.30. The molecule has 3 aliphatic carbocycles. The number of fused-ring (bicyclic) bond motifs is 4. The molecule has 0 aliphatic heterocycles. The third-order valence-electron chi connectivity index (χ3n) is 10.6. The number of para-hydroxylation sites is 1. The molecule has 6 aromatic carbocycles. The molecular formula is C47H37N. The SMILES string of the molecule is Cc1ccc(C2(C3=CC(N(C4=CC=C(c5ccccc5)CC4)c4ccccc4)C=C3)c3ccccc3-c3cc4ccccc4cc32)cc1. The first-order chi connectivity index (χ1) is 23.7. The summed E-state index contributed by atoms with van der Waals surface area (Å²) >= 11 is 0. The second-order valence-electron chi connectivity index (χ2n) is 13.3.